The Labute approximate surface area is 189 Å². The second-order valence-corrected chi connectivity index (χ2v) is 10.2. The molecule has 3 N–H and O–H groups in total. The first-order valence-corrected chi connectivity index (χ1v) is 11.7. The summed E-state index contributed by atoms with van der Waals surface area (Å²) < 4.78 is 29.4. The number of pyridine rings is 2. The van der Waals surface area contributed by atoms with E-state index >= 15 is 0 Å². The molecule has 1 amide bonds. The van der Waals surface area contributed by atoms with Crippen LogP contribution in [0.2, 0.25) is 5.02 Å². The molecule has 1 aliphatic rings. The Kier molecular flexibility index (Phi) is 5.70. The molecule has 168 valence electrons. The first-order chi connectivity index (χ1) is 15.1. The van der Waals surface area contributed by atoms with Crippen molar-refractivity contribution in [1.82, 2.24) is 14.9 Å². The highest BCUT2D eigenvalue weighted by atomic mass is 35.5. The molecule has 0 bridgehead atoms. The van der Waals surface area contributed by atoms with Crippen LogP contribution in [-0.4, -0.2) is 35.2 Å². The van der Waals surface area contributed by atoms with Crippen LogP contribution in [0.1, 0.15) is 28.8 Å². The molecule has 0 spiro atoms. The lowest BCUT2D eigenvalue weighted by molar-refractivity contribution is 0.0949. The summed E-state index contributed by atoms with van der Waals surface area (Å²) in [5, 5.41) is 9.17. The van der Waals surface area contributed by atoms with Crippen LogP contribution >= 0.6 is 11.6 Å². The molecule has 0 atom stereocenters. The molecule has 4 rings (SSSR count). The molecule has 1 saturated carbocycles. The molecule has 9 nitrogen and oxygen atoms in total. The second kappa shape index (κ2) is 8.19. The van der Waals surface area contributed by atoms with Gasteiger partial charge in [0.25, 0.3) is 11.5 Å². The number of rotatable bonds is 7. The molecule has 32 heavy (non-hydrogen) atoms. The third-order valence-electron chi connectivity index (χ3n) is 5.59. The van der Waals surface area contributed by atoms with Crippen LogP contribution in [0, 0.1) is 0 Å². The van der Waals surface area contributed by atoms with Crippen molar-refractivity contribution < 1.29 is 17.9 Å². The summed E-state index contributed by atoms with van der Waals surface area (Å²) in [6.07, 6.45) is 2.29. The van der Waals surface area contributed by atoms with Crippen LogP contribution in [0.25, 0.3) is 10.9 Å². The second-order valence-electron chi connectivity index (χ2n) is 7.80. The standard InChI is InChI=1S/C21H21ClN4O5S/c1-26-17-14(6-9-24-19(17)31-12-21(7-8-21)32(23,29)30)10-16(20(26)28)18(27)25-11-13-2-4-15(22)5-3-13/h2-6,9-10H,7-8,11-12H2,1H3,(H,25,27)(H2,23,29,30). The average Bonchev–Trinajstić information content (AvgIpc) is 3.55. The van der Waals surface area contributed by atoms with Crippen molar-refractivity contribution in [2.45, 2.75) is 24.1 Å². The Morgan fingerprint density at radius 2 is 1.97 bits per heavy atom. The van der Waals surface area contributed by atoms with Crippen molar-refractivity contribution in [3.05, 3.63) is 69.1 Å². The Hall–Kier alpha value is -2.95. The fourth-order valence-electron chi connectivity index (χ4n) is 3.40. The monoisotopic (exact) mass is 476 g/mol. The Balaban J connectivity index is 1.60. The van der Waals surface area contributed by atoms with Gasteiger partial charge in [0, 0.05) is 30.2 Å². The van der Waals surface area contributed by atoms with Crippen LogP contribution in [0.3, 0.4) is 0 Å². The molecule has 2 aromatic heterocycles. The molecule has 0 unspecified atom stereocenters. The van der Waals surface area contributed by atoms with Gasteiger partial charge in [-0.05, 0) is 42.7 Å². The summed E-state index contributed by atoms with van der Waals surface area (Å²) in [5.41, 5.74) is 0.631. The Morgan fingerprint density at radius 1 is 1.28 bits per heavy atom. The Morgan fingerprint density at radius 3 is 2.59 bits per heavy atom. The normalized spacial score (nSPS) is 14.8. The zero-order valence-electron chi connectivity index (χ0n) is 17.2. The molecule has 0 aliphatic heterocycles. The molecule has 1 aliphatic carbocycles. The minimum atomic E-state index is -3.76. The SMILES string of the molecule is Cn1c(=O)c(C(=O)NCc2ccc(Cl)cc2)cc2ccnc(OCC3(S(N)(=O)=O)CC3)c21. The number of aryl methyl sites for hydroxylation is 1. The quantitative estimate of drug-likeness (QED) is 0.533. The predicted molar refractivity (Wildman–Crippen MR) is 120 cm³/mol. The van der Waals surface area contributed by atoms with E-state index in [0.717, 1.165) is 5.56 Å². The fraction of sp³-hybridized carbons (Fsp3) is 0.286. The highest BCUT2D eigenvalue weighted by molar-refractivity contribution is 7.90. The zero-order valence-corrected chi connectivity index (χ0v) is 18.7. The van der Waals surface area contributed by atoms with Crippen LogP contribution in [-0.2, 0) is 23.6 Å². The fourth-order valence-corrected chi connectivity index (χ4v) is 4.42. The van der Waals surface area contributed by atoms with Gasteiger partial charge in [-0.3, -0.25) is 9.59 Å². The predicted octanol–water partition coefficient (Wildman–Crippen LogP) is 1.72. The van der Waals surface area contributed by atoms with Gasteiger partial charge in [0.05, 0.1) is 0 Å². The number of nitrogens with two attached hydrogens (primary N) is 1. The number of benzene rings is 1. The molecule has 11 heteroatoms. The van der Waals surface area contributed by atoms with Crippen molar-refractivity contribution >= 4 is 38.4 Å². The third kappa shape index (κ3) is 4.21. The number of hydrogen-bond donors (Lipinski definition) is 2. The number of sulfonamides is 1. The summed E-state index contributed by atoms with van der Waals surface area (Å²) in [6.45, 7) is 0.0764. The van der Waals surface area contributed by atoms with E-state index < -0.39 is 26.2 Å². The smallest absolute Gasteiger partial charge is 0.263 e. The molecular weight excluding hydrogens is 456 g/mol. The molecular formula is C21H21ClN4O5S. The Bertz CT molecular complexity index is 1370. The number of amides is 1. The zero-order chi connectivity index (χ0) is 23.1. The van der Waals surface area contributed by atoms with E-state index in [9.17, 15) is 18.0 Å². The van der Waals surface area contributed by atoms with E-state index in [1.54, 1.807) is 30.3 Å². The average molecular weight is 477 g/mol. The van der Waals surface area contributed by atoms with Crippen LogP contribution in [0.15, 0.2) is 47.4 Å². The number of nitrogens with zero attached hydrogens (tertiary/aromatic N) is 2. The van der Waals surface area contributed by atoms with Crippen molar-refractivity contribution in [1.29, 1.82) is 0 Å². The molecule has 3 aromatic rings. The van der Waals surface area contributed by atoms with E-state index in [1.807, 2.05) is 0 Å². The molecule has 0 saturated heterocycles. The lowest BCUT2D eigenvalue weighted by Crippen LogP contribution is -2.36. The maximum absolute atomic E-state index is 12.9. The van der Waals surface area contributed by atoms with Gasteiger partial charge in [-0.25, -0.2) is 18.5 Å². The summed E-state index contributed by atoms with van der Waals surface area (Å²) in [7, 11) is -2.26. The van der Waals surface area contributed by atoms with E-state index in [2.05, 4.69) is 10.3 Å². The number of hydrogen-bond acceptors (Lipinski definition) is 6. The summed E-state index contributed by atoms with van der Waals surface area (Å²) >= 11 is 5.87. The van der Waals surface area contributed by atoms with Gasteiger partial charge >= 0.3 is 0 Å². The summed E-state index contributed by atoms with van der Waals surface area (Å²) in [4.78, 5) is 29.7. The van der Waals surface area contributed by atoms with Crippen molar-refractivity contribution in [2.24, 2.45) is 12.2 Å². The van der Waals surface area contributed by atoms with E-state index in [-0.39, 0.29) is 24.6 Å². The molecule has 0 radical (unpaired) electrons. The van der Waals surface area contributed by atoms with Crippen molar-refractivity contribution in [3.63, 3.8) is 0 Å². The minimum absolute atomic E-state index is 0.0330. The van der Waals surface area contributed by atoms with E-state index in [4.69, 9.17) is 21.5 Å². The van der Waals surface area contributed by atoms with Crippen LogP contribution < -0.4 is 20.8 Å². The maximum Gasteiger partial charge on any atom is 0.263 e. The number of halogens is 1. The lowest BCUT2D eigenvalue weighted by atomic mass is 10.1. The van der Waals surface area contributed by atoms with Gasteiger partial charge < -0.3 is 14.6 Å². The van der Waals surface area contributed by atoms with Gasteiger partial charge in [-0.1, -0.05) is 23.7 Å². The largest absolute Gasteiger partial charge is 0.474 e. The van der Waals surface area contributed by atoms with Gasteiger partial charge in [0.2, 0.25) is 15.9 Å². The van der Waals surface area contributed by atoms with Gasteiger partial charge in [0.15, 0.2) is 0 Å². The van der Waals surface area contributed by atoms with Crippen LogP contribution in [0.5, 0.6) is 5.88 Å². The maximum atomic E-state index is 12.9. The summed E-state index contributed by atoms with van der Waals surface area (Å²) in [5.74, 6) is -0.418. The number of fused-ring (bicyclic) bond motifs is 1. The minimum Gasteiger partial charge on any atom is -0.474 e. The van der Waals surface area contributed by atoms with Crippen molar-refractivity contribution in [3.8, 4) is 5.88 Å². The number of carbonyl (C=O) groups is 1. The van der Waals surface area contributed by atoms with Crippen LogP contribution in [0.4, 0.5) is 0 Å². The van der Waals surface area contributed by atoms with Gasteiger partial charge in [0.1, 0.15) is 22.4 Å². The van der Waals surface area contributed by atoms with E-state index in [1.165, 1.54) is 23.9 Å². The first kappa shape index (κ1) is 22.3. The highest BCUT2D eigenvalue weighted by Gasteiger charge is 2.54. The highest BCUT2D eigenvalue weighted by Crippen LogP contribution is 2.42. The first-order valence-electron chi connectivity index (χ1n) is 9.78. The van der Waals surface area contributed by atoms with Gasteiger partial charge in [-0.15, -0.1) is 0 Å². The molecule has 2 heterocycles. The topological polar surface area (TPSA) is 133 Å². The number of nitrogens with one attached hydrogen (secondary N) is 1. The van der Waals surface area contributed by atoms with Crippen molar-refractivity contribution in [2.75, 3.05) is 6.61 Å². The third-order valence-corrected chi connectivity index (χ3v) is 7.57. The summed E-state index contributed by atoms with van der Waals surface area (Å²) in [6, 6.07) is 10.1. The number of primary sulfonamides is 1. The molecule has 1 aromatic carbocycles. The van der Waals surface area contributed by atoms with E-state index in [0.29, 0.717) is 28.8 Å². The number of carbonyl (C=O) groups excluding carboxylic acids is 1. The number of ether oxygens (including phenoxy) is 1. The molecule has 1 fully saturated rings. The number of aromatic nitrogens is 2. The lowest BCUT2D eigenvalue weighted by Gasteiger charge is -2.16. The van der Waals surface area contributed by atoms with Gasteiger partial charge in [-0.2, -0.15) is 0 Å².